The molecule has 1 aliphatic heterocycles. The maximum Gasteiger partial charge on any atom is 0.265 e. The van der Waals surface area contributed by atoms with Crippen LogP contribution in [0.25, 0.3) is 0 Å². The van der Waals surface area contributed by atoms with Crippen LogP contribution < -0.4 is 15.4 Å². The summed E-state index contributed by atoms with van der Waals surface area (Å²) in [6, 6.07) is 4.66. The van der Waals surface area contributed by atoms with E-state index >= 15 is 0 Å². The Balaban J connectivity index is 2.39. The van der Waals surface area contributed by atoms with Crippen molar-refractivity contribution in [2.75, 3.05) is 24.6 Å². The molecule has 5 nitrogen and oxygen atoms in total. The van der Waals surface area contributed by atoms with E-state index in [1.165, 1.54) is 12.1 Å². The second-order valence-corrected chi connectivity index (χ2v) is 3.27. The van der Waals surface area contributed by atoms with Crippen molar-refractivity contribution in [1.29, 1.82) is 0 Å². The number of nitrogens with two attached hydrogens (primary N) is 1. The summed E-state index contributed by atoms with van der Waals surface area (Å²) in [6.45, 7) is 0.850. The summed E-state index contributed by atoms with van der Waals surface area (Å²) < 4.78 is 5.20. The van der Waals surface area contributed by atoms with Crippen molar-refractivity contribution in [1.82, 2.24) is 0 Å². The number of rotatable bonds is 2. The Morgan fingerprint density at radius 2 is 2.33 bits per heavy atom. The maximum absolute atomic E-state index is 11.5. The van der Waals surface area contributed by atoms with Gasteiger partial charge in [-0.15, -0.1) is 0 Å². The maximum atomic E-state index is 11.5. The number of phenols is 1. The molecule has 15 heavy (non-hydrogen) atoms. The molecule has 0 radical (unpaired) electrons. The van der Waals surface area contributed by atoms with Crippen molar-refractivity contribution in [2.45, 2.75) is 0 Å². The van der Waals surface area contributed by atoms with Gasteiger partial charge in [-0.2, -0.15) is 0 Å². The number of nitrogens with zero attached hydrogens (tertiary/aromatic N) is 1. The van der Waals surface area contributed by atoms with Crippen LogP contribution in [0, 0.1) is 0 Å². The molecule has 1 amide bonds. The van der Waals surface area contributed by atoms with E-state index in [4.69, 9.17) is 10.5 Å². The fraction of sp³-hybridized carbons (Fsp3) is 0.300. The van der Waals surface area contributed by atoms with E-state index in [2.05, 4.69) is 0 Å². The van der Waals surface area contributed by atoms with Crippen LogP contribution in [-0.4, -0.2) is 30.7 Å². The van der Waals surface area contributed by atoms with Gasteiger partial charge in [0.2, 0.25) is 0 Å². The van der Waals surface area contributed by atoms with Gasteiger partial charge in [-0.05, 0) is 12.1 Å². The van der Waals surface area contributed by atoms with E-state index in [1.54, 1.807) is 11.0 Å². The lowest BCUT2D eigenvalue weighted by atomic mass is 10.2. The van der Waals surface area contributed by atoms with Crippen LogP contribution in [0.3, 0.4) is 0 Å². The van der Waals surface area contributed by atoms with Gasteiger partial charge in [-0.25, -0.2) is 0 Å². The standard InChI is InChI=1S/C10H12N2O3/c11-3-4-12-8-2-1-7(13)5-9(8)15-6-10(12)14/h1-2,5,13H,3-4,6,11H2. The first-order valence-electron chi connectivity index (χ1n) is 4.68. The first kappa shape index (κ1) is 9.79. The van der Waals surface area contributed by atoms with Crippen LogP contribution in [0.2, 0.25) is 0 Å². The first-order chi connectivity index (χ1) is 7.22. The fourth-order valence-corrected chi connectivity index (χ4v) is 1.57. The highest BCUT2D eigenvalue weighted by molar-refractivity contribution is 5.97. The average Bonchev–Trinajstić information content (AvgIpc) is 2.22. The van der Waals surface area contributed by atoms with Gasteiger partial charge >= 0.3 is 0 Å². The fourth-order valence-electron chi connectivity index (χ4n) is 1.57. The molecule has 0 spiro atoms. The van der Waals surface area contributed by atoms with Crippen molar-refractivity contribution in [3.63, 3.8) is 0 Å². The lowest BCUT2D eigenvalue weighted by molar-refractivity contribution is -0.121. The van der Waals surface area contributed by atoms with Crippen LogP contribution >= 0.6 is 0 Å². The van der Waals surface area contributed by atoms with Gasteiger partial charge in [-0.1, -0.05) is 0 Å². The molecular weight excluding hydrogens is 196 g/mol. The summed E-state index contributed by atoms with van der Waals surface area (Å²) in [5.41, 5.74) is 6.09. The Hall–Kier alpha value is -1.75. The molecule has 1 aromatic rings. The number of ether oxygens (including phenoxy) is 1. The largest absolute Gasteiger partial charge is 0.508 e. The lowest BCUT2D eigenvalue weighted by Gasteiger charge is -2.28. The molecular formula is C10H12N2O3. The minimum Gasteiger partial charge on any atom is -0.508 e. The normalized spacial score (nSPS) is 14.7. The van der Waals surface area contributed by atoms with E-state index in [1.807, 2.05) is 0 Å². The minimum atomic E-state index is -0.112. The molecule has 0 saturated heterocycles. The topological polar surface area (TPSA) is 75.8 Å². The molecule has 0 saturated carbocycles. The Bertz CT molecular complexity index is 392. The van der Waals surface area contributed by atoms with Gasteiger partial charge in [0.05, 0.1) is 5.69 Å². The van der Waals surface area contributed by atoms with Gasteiger partial charge in [0.25, 0.3) is 5.91 Å². The molecule has 80 valence electrons. The summed E-state index contributed by atoms with van der Waals surface area (Å²) in [5, 5.41) is 9.26. The summed E-state index contributed by atoms with van der Waals surface area (Å²) in [4.78, 5) is 13.1. The molecule has 0 bridgehead atoms. The average molecular weight is 208 g/mol. The summed E-state index contributed by atoms with van der Waals surface area (Å²) in [7, 11) is 0. The first-order valence-corrected chi connectivity index (χ1v) is 4.68. The van der Waals surface area contributed by atoms with Crippen molar-refractivity contribution in [3.05, 3.63) is 18.2 Å². The number of carbonyl (C=O) groups is 1. The summed E-state index contributed by atoms with van der Waals surface area (Å²) in [6.07, 6.45) is 0. The molecule has 3 N–H and O–H groups in total. The van der Waals surface area contributed by atoms with E-state index in [-0.39, 0.29) is 18.3 Å². The molecule has 1 aliphatic rings. The molecule has 0 fully saturated rings. The number of fused-ring (bicyclic) bond motifs is 1. The molecule has 0 unspecified atom stereocenters. The van der Waals surface area contributed by atoms with E-state index in [0.717, 1.165) is 0 Å². The lowest BCUT2D eigenvalue weighted by Crippen LogP contribution is -2.41. The monoisotopic (exact) mass is 208 g/mol. The molecule has 1 aromatic carbocycles. The zero-order valence-corrected chi connectivity index (χ0v) is 8.14. The van der Waals surface area contributed by atoms with E-state index in [9.17, 15) is 9.90 Å². The number of aromatic hydroxyl groups is 1. The number of amides is 1. The van der Waals surface area contributed by atoms with Gasteiger partial charge in [0.1, 0.15) is 11.5 Å². The quantitative estimate of drug-likeness (QED) is 0.721. The summed E-state index contributed by atoms with van der Waals surface area (Å²) in [5.74, 6) is 0.525. The highest BCUT2D eigenvalue weighted by Gasteiger charge is 2.24. The van der Waals surface area contributed by atoms with Gasteiger partial charge < -0.3 is 20.5 Å². The second kappa shape index (κ2) is 3.78. The van der Waals surface area contributed by atoms with Crippen molar-refractivity contribution < 1.29 is 14.6 Å². The van der Waals surface area contributed by atoms with Crippen LogP contribution in [0.15, 0.2) is 18.2 Å². The Kier molecular flexibility index (Phi) is 2.47. The SMILES string of the molecule is NCCN1C(=O)COc2cc(O)ccc21. The van der Waals surface area contributed by atoms with Crippen molar-refractivity contribution >= 4 is 11.6 Å². The Labute approximate surface area is 87.1 Å². The molecule has 1 heterocycles. The molecule has 0 aromatic heterocycles. The van der Waals surface area contributed by atoms with Crippen molar-refractivity contribution in [3.8, 4) is 11.5 Å². The third kappa shape index (κ3) is 1.73. The van der Waals surface area contributed by atoms with Gasteiger partial charge in [0.15, 0.2) is 6.61 Å². The van der Waals surface area contributed by atoms with Crippen LogP contribution in [-0.2, 0) is 4.79 Å². The van der Waals surface area contributed by atoms with Crippen LogP contribution in [0.1, 0.15) is 0 Å². The third-order valence-electron chi connectivity index (χ3n) is 2.24. The van der Waals surface area contributed by atoms with Crippen LogP contribution in [0.5, 0.6) is 11.5 Å². The number of anilines is 1. The minimum absolute atomic E-state index is 0.00352. The van der Waals surface area contributed by atoms with Crippen molar-refractivity contribution in [2.24, 2.45) is 5.73 Å². The second-order valence-electron chi connectivity index (χ2n) is 3.27. The third-order valence-corrected chi connectivity index (χ3v) is 2.24. The number of carbonyl (C=O) groups excluding carboxylic acids is 1. The Morgan fingerprint density at radius 1 is 1.53 bits per heavy atom. The predicted octanol–water partition coefficient (Wildman–Crippen LogP) is 0.0763. The number of phenolic OH excluding ortho intramolecular Hbond substituents is 1. The Morgan fingerprint density at radius 3 is 3.07 bits per heavy atom. The molecule has 0 aliphatic carbocycles. The highest BCUT2D eigenvalue weighted by atomic mass is 16.5. The molecule has 5 heteroatoms. The number of hydrogen-bond donors (Lipinski definition) is 2. The smallest absolute Gasteiger partial charge is 0.265 e. The zero-order chi connectivity index (χ0) is 10.8. The van der Waals surface area contributed by atoms with E-state index < -0.39 is 0 Å². The molecule has 2 rings (SSSR count). The van der Waals surface area contributed by atoms with Gasteiger partial charge in [0, 0.05) is 19.2 Å². The zero-order valence-electron chi connectivity index (χ0n) is 8.14. The number of hydrogen-bond acceptors (Lipinski definition) is 4. The molecule has 0 atom stereocenters. The van der Waals surface area contributed by atoms with Crippen LogP contribution in [0.4, 0.5) is 5.69 Å². The summed E-state index contributed by atoms with van der Waals surface area (Å²) >= 11 is 0. The highest BCUT2D eigenvalue weighted by Crippen LogP contribution is 2.34. The van der Waals surface area contributed by atoms with Gasteiger partial charge in [-0.3, -0.25) is 4.79 Å². The van der Waals surface area contributed by atoms with E-state index in [0.29, 0.717) is 24.5 Å². The predicted molar refractivity (Wildman–Crippen MR) is 55.0 cm³/mol. The number of benzene rings is 1.